The number of ether oxygens (including phenoxy) is 2. The molecular weight excluding hydrogens is 675 g/mol. The predicted octanol–water partition coefficient (Wildman–Crippen LogP) is 4.26. The molecule has 254 valence electrons. The minimum Gasteiger partial charge on any atom is -0.454 e. The summed E-state index contributed by atoms with van der Waals surface area (Å²) in [5, 5.41) is 0. The van der Waals surface area contributed by atoms with Crippen molar-refractivity contribution in [1.29, 1.82) is 0 Å². The number of hydrogen-bond acceptors (Lipinski definition) is 10. The van der Waals surface area contributed by atoms with E-state index in [2.05, 4.69) is 15.9 Å². The molecule has 50 heavy (non-hydrogen) atoms. The average Bonchev–Trinajstić information content (AvgIpc) is 3.76. The summed E-state index contributed by atoms with van der Waals surface area (Å²) in [6.07, 6.45) is 3.28. The highest BCUT2D eigenvalue weighted by molar-refractivity contribution is 8.27. The van der Waals surface area contributed by atoms with Gasteiger partial charge in [0, 0.05) is 46.0 Å². The quantitative estimate of drug-likeness (QED) is 0.188. The predicted molar refractivity (Wildman–Crippen MR) is 198 cm³/mol. The summed E-state index contributed by atoms with van der Waals surface area (Å²) < 4.78 is 16.0. The summed E-state index contributed by atoms with van der Waals surface area (Å²) in [4.78, 5) is 53.1. The highest BCUT2D eigenvalue weighted by atomic mass is 32.2. The maximum atomic E-state index is 14.2. The lowest BCUT2D eigenvalue weighted by Gasteiger charge is -2.36. The fraction of sp³-hybridized carbons (Fsp3) is 0.250. The van der Waals surface area contributed by atoms with Crippen molar-refractivity contribution >= 4 is 57.4 Å². The van der Waals surface area contributed by atoms with Gasteiger partial charge >= 0.3 is 0 Å². The number of thiocarbonyl (C=S) groups is 1. The molecule has 0 radical (unpaired) electrons. The Labute approximate surface area is 296 Å². The van der Waals surface area contributed by atoms with E-state index in [1.54, 1.807) is 37.0 Å². The van der Waals surface area contributed by atoms with E-state index in [9.17, 15) is 14.4 Å². The molecule has 0 N–H and O–H groups in total. The first-order valence-electron chi connectivity index (χ1n) is 16.2. The first-order chi connectivity index (χ1) is 24.2. The van der Waals surface area contributed by atoms with E-state index in [1.165, 1.54) is 14.0 Å². The molecule has 0 saturated carbocycles. The molecule has 3 aliphatic heterocycles. The summed E-state index contributed by atoms with van der Waals surface area (Å²) >= 11 is 6.77. The van der Waals surface area contributed by atoms with Crippen LogP contribution in [0.1, 0.15) is 22.4 Å². The fourth-order valence-electron chi connectivity index (χ4n) is 6.69. The molecule has 3 aromatic heterocycles. The number of rotatable bonds is 6. The topological polar surface area (TPSA) is 107 Å². The fourth-order valence-corrected chi connectivity index (χ4v) is 7.94. The minimum atomic E-state index is -0.459. The Bertz CT molecular complexity index is 2360. The number of pyridine rings is 1. The second-order valence-electron chi connectivity index (χ2n) is 12.4. The number of piperazine rings is 1. The zero-order valence-electron chi connectivity index (χ0n) is 27.7. The second kappa shape index (κ2) is 12.6. The number of carbonyl (C=O) groups excluding carboxylic acids is 1. The van der Waals surface area contributed by atoms with Crippen LogP contribution >= 0.6 is 24.0 Å². The van der Waals surface area contributed by atoms with Crippen LogP contribution < -0.4 is 30.4 Å². The van der Waals surface area contributed by atoms with Crippen LogP contribution in [0.3, 0.4) is 0 Å². The third-order valence-electron chi connectivity index (χ3n) is 9.40. The van der Waals surface area contributed by atoms with Gasteiger partial charge in [-0.3, -0.25) is 33.3 Å². The Balaban J connectivity index is 1.12. The summed E-state index contributed by atoms with van der Waals surface area (Å²) in [5.41, 5.74) is 3.63. The number of fused-ring (bicyclic) bond motifs is 2. The number of nitrogens with zero attached hydrogens (tertiary/aromatic N) is 7. The van der Waals surface area contributed by atoms with Gasteiger partial charge in [0.1, 0.15) is 17.2 Å². The normalized spacial score (nSPS) is 17.1. The van der Waals surface area contributed by atoms with Crippen LogP contribution in [0, 0.1) is 13.8 Å². The van der Waals surface area contributed by atoms with Crippen molar-refractivity contribution < 1.29 is 14.3 Å². The Morgan fingerprint density at radius 1 is 0.920 bits per heavy atom. The molecular formula is C36H33N7O5S2. The average molecular weight is 708 g/mol. The molecule has 0 unspecified atom stereocenters. The van der Waals surface area contributed by atoms with Gasteiger partial charge in [-0.25, -0.2) is 9.67 Å². The van der Waals surface area contributed by atoms with E-state index in [0.717, 1.165) is 54.0 Å². The van der Waals surface area contributed by atoms with E-state index in [1.807, 2.05) is 55.5 Å². The SMILES string of the molecule is Cc1cccn2c(=O)c(/C=C3/SC(=S)N(c4c(C)n(C)n(-c5ccccc5)c4=O)C3=O)c(N3CCN(Cc4ccc5c(c4)OCO5)CC3)nc12. The molecule has 2 aromatic carbocycles. The first-order valence-corrected chi connectivity index (χ1v) is 17.4. The number of hydrogen-bond donors (Lipinski definition) is 0. The highest BCUT2D eigenvalue weighted by Gasteiger charge is 2.38. The van der Waals surface area contributed by atoms with Gasteiger partial charge in [-0.15, -0.1) is 0 Å². The third-order valence-corrected chi connectivity index (χ3v) is 10.7. The van der Waals surface area contributed by atoms with Crippen LogP contribution in [0.5, 0.6) is 11.5 Å². The Morgan fingerprint density at radius 2 is 1.68 bits per heavy atom. The van der Waals surface area contributed by atoms with E-state index in [4.69, 9.17) is 26.7 Å². The van der Waals surface area contributed by atoms with Crippen molar-refractivity contribution in [3.8, 4) is 17.2 Å². The van der Waals surface area contributed by atoms with Crippen molar-refractivity contribution in [1.82, 2.24) is 23.6 Å². The molecule has 0 aliphatic carbocycles. The molecule has 1 amide bonds. The minimum absolute atomic E-state index is 0.185. The van der Waals surface area contributed by atoms with Gasteiger partial charge < -0.3 is 14.4 Å². The van der Waals surface area contributed by atoms with E-state index >= 15 is 0 Å². The van der Waals surface area contributed by atoms with Gasteiger partial charge in [-0.05, 0) is 61.4 Å². The number of aromatic nitrogens is 4. The van der Waals surface area contributed by atoms with Gasteiger partial charge in [-0.1, -0.05) is 54.3 Å². The number of aryl methyl sites for hydroxylation is 1. The van der Waals surface area contributed by atoms with Crippen LogP contribution in [-0.4, -0.2) is 66.8 Å². The second-order valence-corrected chi connectivity index (χ2v) is 14.1. The molecule has 0 bridgehead atoms. The van der Waals surface area contributed by atoms with E-state index in [-0.39, 0.29) is 32.8 Å². The third kappa shape index (κ3) is 5.39. The Morgan fingerprint density at radius 3 is 2.46 bits per heavy atom. The van der Waals surface area contributed by atoms with Gasteiger partial charge in [0.15, 0.2) is 15.8 Å². The number of anilines is 2. The lowest BCUT2D eigenvalue weighted by atomic mass is 10.1. The van der Waals surface area contributed by atoms with Crippen LogP contribution in [0.4, 0.5) is 11.5 Å². The Kier molecular flexibility index (Phi) is 8.08. The van der Waals surface area contributed by atoms with Crippen LogP contribution in [0.15, 0.2) is 81.4 Å². The number of carbonyl (C=O) groups is 1. The van der Waals surface area contributed by atoms with Crippen LogP contribution in [0.2, 0.25) is 0 Å². The van der Waals surface area contributed by atoms with Crippen molar-refractivity contribution in [2.24, 2.45) is 7.05 Å². The van der Waals surface area contributed by atoms with Crippen LogP contribution in [-0.2, 0) is 18.4 Å². The van der Waals surface area contributed by atoms with Gasteiger partial charge in [0.25, 0.3) is 17.0 Å². The highest BCUT2D eigenvalue weighted by Crippen LogP contribution is 2.37. The number of thioether (sulfide) groups is 1. The molecule has 0 spiro atoms. The summed E-state index contributed by atoms with van der Waals surface area (Å²) in [6, 6.07) is 19.0. The molecule has 0 atom stereocenters. The van der Waals surface area contributed by atoms with E-state index in [0.29, 0.717) is 41.5 Å². The summed E-state index contributed by atoms with van der Waals surface area (Å²) in [6.45, 7) is 7.43. The number of para-hydroxylation sites is 1. The zero-order chi connectivity index (χ0) is 34.7. The van der Waals surface area contributed by atoms with Crippen LogP contribution in [0.25, 0.3) is 17.4 Å². The lowest BCUT2D eigenvalue weighted by molar-refractivity contribution is -0.113. The van der Waals surface area contributed by atoms with Crippen molar-refractivity contribution in [2.75, 3.05) is 42.8 Å². The lowest BCUT2D eigenvalue weighted by Crippen LogP contribution is -2.47. The van der Waals surface area contributed by atoms with E-state index < -0.39 is 5.91 Å². The standard InChI is InChI=1S/C36H33N7O5S2/c1-22-8-7-13-41-31(22)37-32(40-16-14-39(15-17-40)20-24-11-12-27-28(18-24)48-21-47-27)26(33(41)44)19-29-34(45)42(36(49)50-29)30-23(2)38(3)43(35(30)46)25-9-5-4-6-10-25/h4-13,18-19H,14-17,20-21H2,1-3H3/b29-19+. The molecule has 12 nitrogen and oxygen atoms in total. The smallest absolute Gasteiger partial charge is 0.296 e. The molecule has 6 heterocycles. The summed E-state index contributed by atoms with van der Waals surface area (Å²) in [7, 11) is 1.77. The van der Waals surface area contributed by atoms with Crippen molar-refractivity contribution in [3.63, 3.8) is 0 Å². The molecule has 5 aromatic rings. The van der Waals surface area contributed by atoms with Crippen molar-refractivity contribution in [3.05, 3.63) is 115 Å². The zero-order valence-corrected chi connectivity index (χ0v) is 29.3. The maximum absolute atomic E-state index is 14.2. The monoisotopic (exact) mass is 707 g/mol. The van der Waals surface area contributed by atoms with Gasteiger partial charge in [0.05, 0.1) is 21.8 Å². The number of amides is 1. The summed E-state index contributed by atoms with van der Waals surface area (Å²) in [5.74, 6) is 1.57. The van der Waals surface area contributed by atoms with Gasteiger partial charge in [0.2, 0.25) is 6.79 Å². The molecule has 3 aliphatic rings. The maximum Gasteiger partial charge on any atom is 0.296 e. The molecule has 14 heteroatoms. The molecule has 2 saturated heterocycles. The number of benzene rings is 2. The molecule has 8 rings (SSSR count). The van der Waals surface area contributed by atoms with Crippen molar-refractivity contribution in [2.45, 2.75) is 20.4 Å². The largest absolute Gasteiger partial charge is 0.454 e. The van der Waals surface area contributed by atoms with Gasteiger partial charge in [-0.2, -0.15) is 0 Å². The Hall–Kier alpha value is -5.18. The first kappa shape index (κ1) is 32.0. The molecule has 2 fully saturated rings.